The average Bonchev–Trinajstić information content (AvgIpc) is 2.73. The summed E-state index contributed by atoms with van der Waals surface area (Å²) < 4.78 is 6.32. The highest BCUT2D eigenvalue weighted by Crippen LogP contribution is 2.31. The first-order valence-electron chi connectivity index (χ1n) is 6.46. The minimum absolute atomic E-state index is 0.143. The van der Waals surface area contributed by atoms with Crippen LogP contribution in [-0.4, -0.2) is 18.4 Å². The first kappa shape index (κ1) is 16.5. The maximum absolute atomic E-state index is 12.0. The van der Waals surface area contributed by atoms with Crippen molar-refractivity contribution in [3.63, 3.8) is 0 Å². The molecule has 1 heterocycles. The van der Waals surface area contributed by atoms with Gasteiger partial charge in [0.15, 0.2) is 6.61 Å². The molecule has 0 radical (unpaired) electrons. The average molecular weight is 383 g/mol. The molecular weight excluding hydrogens is 368 g/mol. The van der Waals surface area contributed by atoms with Gasteiger partial charge in [0.25, 0.3) is 11.8 Å². The molecule has 0 aliphatic rings. The van der Waals surface area contributed by atoms with Crippen LogP contribution >= 0.6 is 27.3 Å². The van der Waals surface area contributed by atoms with Crippen LogP contribution in [0.1, 0.15) is 20.8 Å². The van der Waals surface area contributed by atoms with E-state index in [0.717, 1.165) is 14.9 Å². The van der Waals surface area contributed by atoms with Crippen molar-refractivity contribution in [2.45, 2.75) is 13.8 Å². The molecule has 0 unspecified atom stereocenters. The van der Waals surface area contributed by atoms with Crippen LogP contribution in [0.25, 0.3) is 0 Å². The molecule has 3 N–H and O–H groups in total. The molecule has 22 heavy (non-hydrogen) atoms. The Morgan fingerprint density at radius 1 is 1.27 bits per heavy atom. The molecule has 5 nitrogen and oxygen atoms in total. The van der Waals surface area contributed by atoms with Gasteiger partial charge in [-0.2, -0.15) is 0 Å². The van der Waals surface area contributed by atoms with Crippen LogP contribution in [0.3, 0.4) is 0 Å². The molecule has 2 rings (SSSR count). The zero-order chi connectivity index (χ0) is 16.3. The molecule has 7 heteroatoms. The SMILES string of the molecule is Cc1sc(NC(=O)COc2ccc(Br)cc2)c(C(N)=O)c1C. The fourth-order valence-electron chi connectivity index (χ4n) is 1.85. The van der Waals surface area contributed by atoms with Crippen molar-refractivity contribution in [1.82, 2.24) is 0 Å². The molecule has 116 valence electrons. The van der Waals surface area contributed by atoms with Gasteiger partial charge in [0.05, 0.1) is 5.56 Å². The minimum atomic E-state index is -0.550. The summed E-state index contributed by atoms with van der Waals surface area (Å²) in [5.74, 6) is -0.301. The number of nitrogens with one attached hydrogen (secondary N) is 1. The number of hydrogen-bond donors (Lipinski definition) is 2. The second-order valence-electron chi connectivity index (χ2n) is 4.64. The quantitative estimate of drug-likeness (QED) is 0.832. The number of primary amides is 1. The predicted molar refractivity (Wildman–Crippen MR) is 90.6 cm³/mol. The van der Waals surface area contributed by atoms with Crippen molar-refractivity contribution in [2.24, 2.45) is 5.73 Å². The van der Waals surface area contributed by atoms with Crippen LogP contribution < -0.4 is 15.8 Å². The van der Waals surface area contributed by atoms with Gasteiger partial charge in [-0.25, -0.2) is 0 Å². The molecule has 1 aromatic carbocycles. The third kappa shape index (κ3) is 3.86. The van der Waals surface area contributed by atoms with E-state index in [4.69, 9.17) is 10.5 Å². The fraction of sp³-hybridized carbons (Fsp3) is 0.200. The third-order valence-electron chi connectivity index (χ3n) is 3.07. The molecular formula is C15H15BrN2O3S. The van der Waals surface area contributed by atoms with Gasteiger partial charge in [0.1, 0.15) is 10.8 Å². The normalized spacial score (nSPS) is 10.3. The Hall–Kier alpha value is -1.86. The van der Waals surface area contributed by atoms with E-state index in [-0.39, 0.29) is 12.5 Å². The number of amides is 2. The molecule has 0 saturated heterocycles. The molecule has 0 aliphatic heterocycles. The molecule has 0 atom stereocenters. The number of thiophene rings is 1. The highest BCUT2D eigenvalue weighted by Gasteiger charge is 2.19. The number of halogens is 1. The number of ether oxygens (including phenoxy) is 1. The lowest BCUT2D eigenvalue weighted by Gasteiger charge is -2.07. The number of nitrogens with two attached hydrogens (primary N) is 1. The maximum Gasteiger partial charge on any atom is 0.262 e. The highest BCUT2D eigenvalue weighted by molar-refractivity contribution is 9.10. The molecule has 2 amide bonds. The molecule has 0 saturated carbocycles. The van der Waals surface area contributed by atoms with E-state index in [9.17, 15) is 9.59 Å². The van der Waals surface area contributed by atoms with E-state index in [1.165, 1.54) is 11.3 Å². The van der Waals surface area contributed by atoms with Crippen LogP contribution in [0.5, 0.6) is 5.75 Å². The standard InChI is InChI=1S/C15H15BrN2O3S/c1-8-9(2)22-15(13(8)14(17)20)18-12(19)7-21-11-5-3-10(16)4-6-11/h3-6H,7H2,1-2H3,(H2,17,20)(H,18,19). The van der Waals surface area contributed by atoms with Crippen molar-refractivity contribution >= 4 is 44.1 Å². The number of benzene rings is 1. The predicted octanol–water partition coefficient (Wildman–Crippen LogP) is 3.24. The lowest BCUT2D eigenvalue weighted by atomic mass is 10.1. The summed E-state index contributed by atoms with van der Waals surface area (Å²) in [6.07, 6.45) is 0. The number of carbonyl (C=O) groups excluding carboxylic acids is 2. The second-order valence-corrected chi connectivity index (χ2v) is 6.78. The summed E-state index contributed by atoms with van der Waals surface area (Å²) in [7, 11) is 0. The van der Waals surface area contributed by atoms with E-state index < -0.39 is 5.91 Å². The van der Waals surface area contributed by atoms with Gasteiger partial charge in [-0.1, -0.05) is 15.9 Å². The van der Waals surface area contributed by atoms with Crippen molar-refractivity contribution in [2.75, 3.05) is 11.9 Å². The van der Waals surface area contributed by atoms with E-state index >= 15 is 0 Å². The number of hydrogen-bond acceptors (Lipinski definition) is 4. The minimum Gasteiger partial charge on any atom is -0.484 e. The summed E-state index contributed by atoms with van der Waals surface area (Å²) in [5, 5.41) is 3.14. The lowest BCUT2D eigenvalue weighted by molar-refractivity contribution is -0.118. The molecule has 1 aromatic heterocycles. The van der Waals surface area contributed by atoms with Gasteiger partial charge in [-0.3, -0.25) is 9.59 Å². The Bertz CT molecular complexity index is 710. The number of carbonyl (C=O) groups is 2. The lowest BCUT2D eigenvalue weighted by Crippen LogP contribution is -2.22. The highest BCUT2D eigenvalue weighted by atomic mass is 79.9. The van der Waals surface area contributed by atoms with Gasteiger partial charge in [-0.05, 0) is 43.7 Å². The molecule has 0 spiro atoms. The Morgan fingerprint density at radius 2 is 1.91 bits per heavy atom. The van der Waals surface area contributed by atoms with E-state index in [1.807, 2.05) is 19.1 Å². The molecule has 2 aromatic rings. The Kier molecular flexibility index (Phi) is 5.20. The fourth-order valence-corrected chi connectivity index (χ4v) is 3.20. The largest absolute Gasteiger partial charge is 0.484 e. The molecule has 0 aliphatic carbocycles. The zero-order valence-electron chi connectivity index (χ0n) is 12.1. The monoisotopic (exact) mass is 382 g/mol. The maximum atomic E-state index is 12.0. The summed E-state index contributed by atoms with van der Waals surface area (Å²) >= 11 is 4.65. The topological polar surface area (TPSA) is 81.4 Å². The number of anilines is 1. The van der Waals surface area contributed by atoms with Gasteiger partial charge in [0, 0.05) is 9.35 Å². The number of aryl methyl sites for hydroxylation is 1. The van der Waals surface area contributed by atoms with Crippen LogP contribution in [0.2, 0.25) is 0 Å². The molecule has 0 bridgehead atoms. The summed E-state index contributed by atoms with van der Waals surface area (Å²) in [5.41, 5.74) is 6.52. The second kappa shape index (κ2) is 6.93. The number of rotatable bonds is 5. The van der Waals surface area contributed by atoms with Crippen molar-refractivity contribution in [3.05, 3.63) is 44.7 Å². The Morgan fingerprint density at radius 3 is 2.50 bits per heavy atom. The van der Waals surface area contributed by atoms with Gasteiger partial charge in [0.2, 0.25) is 0 Å². The van der Waals surface area contributed by atoms with Crippen LogP contribution in [-0.2, 0) is 4.79 Å². The van der Waals surface area contributed by atoms with Gasteiger partial charge >= 0.3 is 0 Å². The molecule has 0 fully saturated rings. The Balaban J connectivity index is 2.02. The third-order valence-corrected chi connectivity index (χ3v) is 4.72. The first-order valence-corrected chi connectivity index (χ1v) is 8.07. The summed E-state index contributed by atoms with van der Waals surface area (Å²) in [6.45, 7) is 3.54. The van der Waals surface area contributed by atoms with E-state index in [1.54, 1.807) is 19.1 Å². The summed E-state index contributed by atoms with van der Waals surface area (Å²) in [6, 6.07) is 7.16. The van der Waals surface area contributed by atoms with Crippen LogP contribution in [0.4, 0.5) is 5.00 Å². The van der Waals surface area contributed by atoms with Gasteiger partial charge < -0.3 is 15.8 Å². The summed E-state index contributed by atoms with van der Waals surface area (Å²) in [4.78, 5) is 24.4. The van der Waals surface area contributed by atoms with Crippen molar-refractivity contribution in [1.29, 1.82) is 0 Å². The van der Waals surface area contributed by atoms with E-state index in [2.05, 4.69) is 21.2 Å². The van der Waals surface area contributed by atoms with Crippen molar-refractivity contribution in [3.8, 4) is 5.75 Å². The van der Waals surface area contributed by atoms with E-state index in [0.29, 0.717) is 16.3 Å². The zero-order valence-corrected chi connectivity index (χ0v) is 14.5. The smallest absolute Gasteiger partial charge is 0.262 e. The van der Waals surface area contributed by atoms with Crippen molar-refractivity contribution < 1.29 is 14.3 Å². The Labute approximate surface area is 140 Å². The first-order chi connectivity index (χ1) is 10.4. The van der Waals surface area contributed by atoms with Gasteiger partial charge in [-0.15, -0.1) is 11.3 Å². The van der Waals surface area contributed by atoms with Crippen LogP contribution in [0.15, 0.2) is 28.7 Å². The van der Waals surface area contributed by atoms with Crippen LogP contribution in [0, 0.1) is 13.8 Å².